The molecule has 2 fully saturated rings. The second-order valence-corrected chi connectivity index (χ2v) is 4.74. The van der Waals surface area contributed by atoms with Crippen LogP contribution in [0.25, 0.3) is 0 Å². The maximum absolute atomic E-state index is 8.77. The van der Waals surface area contributed by atoms with Gasteiger partial charge in [0.15, 0.2) is 0 Å². The van der Waals surface area contributed by atoms with Crippen LogP contribution < -0.4 is 5.73 Å². The molecule has 0 aromatic rings. The zero-order valence-electron chi connectivity index (χ0n) is 9.81. The van der Waals surface area contributed by atoms with Crippen molar-refractivity contribution in [3.63, 3.8) is 0 Å². The Morgan fingerprint density at radius 1 is 1.19 bits per heavy atom. The summed E-state index contributed by atoms with van der Waals surface area (Å²) < 4.78 is 0. The highest BCUT2D eigenvalue weighted by Crippen LogP contribution is 2.16. The van der Waals surface area contributed by atoms with E-state index in [-0.39, 0.29) is 0 Å². The van der Waals surface area contributed by atoms with Crippen molar-refractivity contribution >= 4 is 0 Å². The molecular weight excluding hydrogens is 202 g/mol. The van der Waals surface area contributed by atoms with E-state index in [0.717, 1.165) is 19.8 Å². The SMILES string of the molecule is N#CCN1CC(N2CCCC2)CN(CN)C1. The summed E-state index contributed by atoms with van der Waals surface area (Å²) in [5, 5.41) is 8.77. The second-order valence-electron chi connectivity index (χ2n) is 4.74. The zero-order valence-corrected chi connectivity index (χ0v) is 9.81. The fourth-order valence-electron chi connectivity index (χ4n) is 2.74. The van der Waals surface area contributed by atoms with Crippen LogP contribution in [0.5, 0.6) is 0 Å². The van der Waals surface area contributed by atoms with Gasteiger partial charge in [0.25, 0.3) is 0 Å². The molecule has 1 unspecified atom stereocenters. The van der Waals surface area contributed by atoms with Crippen molar-refractivity contribution in [2.24, 2.45) is 5.73 Å². The van der Waals surface area contributed by atoms with Gasteiger partial charge in [-0.2, -0.15) is 5.26 Å². The molecule has 2 aliphatic heterocycles. The molecule has 2 heterocycles. The summed E-state index contributed by atoms with van der Waals surface area (Å²) >= 11 is 0. The lowest BCUT2D eigenvalue weighted by Crippen LogP contribution is -2.58. The molecule has 0 aromatic heterocycles. The third-order valence-corrected chi connectivity index (χ3v) is 3.55. The standard InChI is InChI=1S/C11H21N5/c12-3-6-14-7-11(8-15(9-13)10-14)16-4-1-2-5-16/h11H,1-2,4-10,13H2. The first-order chi connectivity index (χ1) is 7.83. The van der Waals surface area contributed by atoms with E-state index in [2.05, 4.69) is 20.8 Å². The van der Waals surface area contributed by atoms with Crippen LogP contribution in [0.3, 0.4) is 0 Å². The van der Waals surface area contributed by atoms with Gasteiger partial charge in [-0.1, -0.05) is 0 Å². The summed E-state index contributed by atoms with van der Waals surface area (Å²) in [5.74, 6) is 0. The number of nitriles is 1. The molecule has 2 saturated heterocycles. The molecule has 0 amide bonds. The third-order valence-electron chi connectivity index (χ3n) is 3.55. The van der Waals surface area contributed by atoms with E-state index in [1.165, 1.54) is 25.9 Å². The molecular formula is C11H21N5. The summed E-state index contributed by atoms with van der Waals surface area (Å²) in [4.78, 5) is 6.97. The van der Waals surface area contributed by atoms with E-state index in [4.69, 9.17) is 11.0 Å². The van der Waals surface area contributed by atoms with Gasteiger partial charge in [0.1, 0.15) is 0 Å². The molecule has 2 rings (SSSR count). The molecule has 0 aromatic carbocycles. The minimum atomic E-state index is 0.515. The number of hydrogen-bond acceptors (Lipinski definition) is 5. The Morgan fingerprint density at radius 3 is 2.50 bits per heavy atom. The Kier molecular flexibility index (Phi) is 4.13. The van der Waals surface area contributed by atoms with Gasteiger partial charge in [0, 0.05) is 25.8 Å². The van der Waals surface area contributed by atoms with Gasteiger partial charge in [-0.25, -0.2) is 0 Å². The minimum Gasteiger partial charge on any atom is -0.318 e. The first-order valence-electron chi connectivity index (χ1n) is 6.09. The first-order valence-corrected chi connectivity index (χ1v) is 6.09. The molecule has 16 heavy (non-hydrogen) atoms. The highest BCUT2D eigenvalue weighted by Gasteiger charge is 2.30. The van der Waals surface area contributed by atoms with Crippen LogP contribution in [-0.2, 0) is 0 Å². The van der Waals surface area contributed by atoms with E-state index in [1.54, 1.807) is 0 Å². The molecule has 0 spiro atoms. The highest BCUT2D eigenvalue weighted by molar-refractivity contribution is 4.88. The predicted molar refractivity (Wildman–Crippen MR) is 62.4 cm³/mol. The Balaban J connectivity index is 1.93. The normalized spacial score (nSPS) is 29.4. The van der Waals surface area contributed by atoms with Crippen molar-refractivity contribution in [3.05, 3.63) is 0 Å². The maximum Gasteiger partial charge on any atom is 0.0876 e. The van der Waals surface area contributed by atoms with Crippen molar-refractivity contribution in [2.75, 3.05) is 46.1 Å². The molecule has 90 valence electrons. The summed E-state index contributed by atoms with van der Waals surface area (Å²) in [5.41, 5.74) is 5.72. The number of nitrogens with two attached hydrogens (primary N) is 1. The molecule has 1 atom stereocenters. The number of likely N-dealkylation sites (tertiary alicyclic amines) is 1. The monoisotopic (exact) mass is 223 g/mol. The molecule has 0 saturated carbocycles. The van der Waals surface area contributed by atoms with E-state index in [1.807, 2.05) is 0 Å². The van der Waals surface area contributed by atoms with Gasteiger partial charge in [-0.15, -0.1) is 0 Å². The maximum atomic E-state index is 8.77. The number of rotatable bonds is 3. The molecule has 2 N–H and O–H groups in total. The first kappa shape index (κ1) is 11.8. The van der Waals surface area contributed by atoms with Gasteiger partial charge in [0.05, 0.1) is 19.3 Å². The van der Waals surface area contributed by atoms with Crippen LogP contribution in [0.2, 0.25) is 0 Å². The highest BCUT2D eigenvalue weighted by atomic mass is 15.4. The summed E-state index contributed by atoms with van der Waals surface area (Å²) in [7, 11) is 0. The lowest BCUT2D eigenvalue weighted by Gasteiger charge is -2.42. The van der Waals surface area contributed by atoms with Crippen LogP contribution in [0.4, 0.5) is 0 Å². The van der Waals surface area contributed by atoms with Crippen molar-refractivity contribution < 1.29 is 0 Å². The van der Waals surface area contributed by atoms with Crippen LogP contribution in [0.15, 0.2) is 0 Å². The quantitative estimate of drug-likeness (QED) is 0.652. The largest absolute Gasteiger partial charge is 0.318 e. The summed E-state index contributed by atoms with van der Waals surface area (Å²) in [6, 6.07) is 2.80. The minimum absolute atomic E-state index is 0.515. The van der Waals surface area contributed by atoms with Crippen molar-refractivity contribution in [3.8, 4) is 6.07 Å². The molecule has 2 aliphatic rings. The van der Waals surface area contributed by atoms with Crippen LogP contribution in [0.1, 0.15) is 12.8 Å². The average molecular weight is 223 g/mol. The van der Waals surface area contributed by atoms with Crippen molar-refractivity contribution in [2.45, 2.75) is 18.9 Å². The third kappa shape index (κ3) is 2.71. The van der Waals surface area contributed by atoms with Gasteiger partial charge in [0.2, 0.25) is 0 Å². The van der Waals surface area contributed by atoms with Gasteiger partial charge < -0.3 is 5.73 Å². The molecule has 5 nitrogen and oxygen atoms in total. The molecule has 0 aliphatic carbocycles. The topological polar surface area (TPSA) is 59.5 Å². The van der Waals surface area contributed by atoms with Gasteiger partial charge in [-0.3, -0.25) is 14.7 Å². The summed E-state index contributed by atoms with van der Waals surface area (Å²) in [6.45, 7) is 6.44. The lowest BCUT2D eigenvalue weighted by atomic mass is 10.2. The lowest BCUT2D eigenvalue weighted by molar-refractivity contribution is 0.0314. The number of nitrogens with zero attached hydrogens (tertiary/aromatic N) is 4. The Labute approximate surface area is 97.4 Å². The Hall–Kier alpha value is -0.670. The zero-order chi connectivity index (χ0) is 11.4. The van der Waals surface area contributed by atoms with Crippen LogP contribution in [-0.4, -0.2) is 66.8 Å². The fourth-order valence-corrected chi connectivity index (χ4v) is 2.74. The van der Waals surface area contributed by atoms with E-state index in [9.17, 15) is 0 Å². The van der Waals surface area contributed by atoms with E-state index < -0.39 is 0 Å². The Morgan fingerprint density at radius 2 is 1.88 bits per heavy atom. The fraction of sp³-hybridized carbons (Fsp3) is 0.909. The second kappa shape index (κ2) is 5.60. The molecule has 0 radical (unpaired) electrons. The van der Waals surface area contributed by atoms with Crippen molar-refractivity contribution in [1.29, 1.82) is 5.26 Å². The number of hydrogen-bond donors (Lipinski definition) is 1. The van der Waals surface area contributed by atoms with Gasteiger partial charge in [-0.05, 0) is 25.9 Å². The van der Waals surface area contributed by atoms with Crippen molar-refractivity contribution in [1.82, 2.24) is 14.7 Å². The van der Waals surface area contributed by atoms with E-state index in [0.29, 0.717) is 19.3 Å². The van der Waals surface area contributed by atoms with Gasteiger partial charge >= 0.3 is 0 Å². The van der Waals surface area contributed by atoms with Crippen LogP contribution >= 0.6 is 0 Å². The molecule has 5 heteroatoms. The smallest absolute Gasteiger partial charge is 0.0876 e. The predicted octanol–water partition coefficient (Wildman–Crippen LogP) is -0.534. The van der Waals surface area contributed by atoms with E-state index >= 15 is 0 Å². The average Bonchev–Trinajstić information content (AvgIpc) is 2.82. The van der Waals surface area contributed by atoms with Crippen LogP contribution in [0, 0.1) is 11.3 Å². The Bertz CT molecular complexity index is 256. The summed E-state index contributed by atoms with van der Waals surface area (Å²) in [6.07, 6.45) is 2.63. The molecule has 0 bridgehead atoms.